The van der Waals surface area contributed by atoms with Crippen molar-refractivity contribution in [3.05, 3.63) is 34.9 Å². The number of thioether (sulfide) groups is 1. The lowest BCUT2D eigenvalue weighted by Crippen LogP contribution is -2.42. The van der Waals surface area contributed by atoms with Gasteiger partial charge in [-0.1, -0.05) is 44.0 Å². The molecule has 1 aliphatic rings. The molecule has 0 radical (unpaired) electrons. The Hall–Kier alpha value is -0.260. The van der Waals surface area contributed by atoms with Crippen molar-refractivity contribution in [1.29, 1.82) is 0 Å². The van der Waals surface area contributed by atoms with Crippen LogP contribution in [-0.2, 0) is 4.79 Å². The number of rotatable bonds is 9. The first kappa shape index (κ1) is 23.8. The minimum absolute atomic E-state index is 0. The largest absolute Gasteiger partial charge is 0.330 e. The zero-order chi connectivity index (χ0) is 18.3. The maximum Gasteiger partial charge on any atom is 0.141 e. The quantitative estimate of drug-likeness (QED) is 0.614. The Bertz CT molecular complexity index is 545. The van der Waals surface area contributed by atoms with Crippen LogP contribution in [0.5, 0.6) is 0 Å². The van der Waals surface area contributed by atoms with E-state index in [9.17, 15) is 4.79 Å². The first-order valence-corrected chi connectivity index (χ1v) is 10.7. The number of likely N-dealkylation sites (tertiary alicyclic amines) is 1. The smallest absolute Gasteiger partial charge is 0.141 e. The van der Waals surface area contributed by atoms with Crippen molar-refractivity contribution in [3.63, 3.8) is 0 Å². The summed E-state index contributed by atoms with van der Waals surface area (Å²) in [5.41, 5.74) is 6.53. The molecule has 1 heterocycles. The normalized spacial score (nSPS) is 16.8. The number of carbonyl (C=O) groups excluding carboxylic acids is 1. The Balaban J connectivity index is 0.00000338. The SMILES string of the molecule is CC(C)(CN1CCCCC1)C(=O)CC(SCCN)c1ccc(Cl)cc1.Cl. The fourth-order valence-corrected chi connectivity index (χ4v) is 4.54. The van der Waals surface area contributed by atoms with Crippen LogP contribution in [0.4, 0.5) is 0 Å². The Morgan fingerprint density at radius 3 is 2.42 bits per heavy atom. The molecule has 2 N–H and O–H groups in total. The van der Waals surface area contributed by atoms with Gasteiger partial charge in [0.2, 0.25) is 0 Å². The van der Waals surface area contributed by atoms with Gasteiger partial charge in [-0.15, -0.1) is 12.4 Å². The molecule has 0 aromatic heterocycles. The van der Waals surface area contributed by atoms with Gasteiger partial charge in [0.25, 0.3) is 0 Å². The molecular weight excluding hydrogens is 387 g/mol. The van der Waals surface area contributed by atoms with Crippen LogP contribution >= 0.6 is 35.8 Å². The average molecular weight is 419 g/mol. The Kier molecular flexibility index (Phi) is 10.6. The van der Waals surface area contributed by atoms with Crippen LogP contribution < -0.4 is 5.73 Å². The van der Waals surface area contributed by atoms with Crippen LogP contribution in [0.1, 0.15) is 50.3 Å². The number of ketones is 1. The highest BCUT2D eigenvalue weighted by Gasteiger charge is 2.32. The highest BCUT2D eigenvalue weighted by molar-refractivity contribution is 7.99. The van der Waals surface area contributed by atoms with E-state index in [1.807, 2.05) is 24.3 Å². The molecule has 6 heteroatoms. The standard InChI is InChI=1S/C20H31ClN2OS.ClH/c1-20(2,15-23-11-4-3-5-12-23)19(24)14-18(25-13-10-22)16-6-8-17(21)9-7-16;/h6-9,18H,3-5,10-15,22H2,1-2H3;1H. The number of carbonyl (C=O) groups is 1. The number of nitrogens with two attached hydrogens (primary N) is 1. The molecule has 0 spiro atoms. The molecule has 2 rings (SSSR count). The molecule has 1 aromatic rings. The van der Waals surface area contributed by atoms with Crippen molar-refractivity contribution in [3.8, 4) is 0 Å². The zero-order valence-corrected chi connectivity index (χ0v) is 18.3. The molecule has 1 aromatic carbocycles. The van der Waals surface area contributed by atoms with Crippen LogP contribution in [0, 0.1) is 5.41 Å². The topological polar surface area (TPSA) is 46.3 Å². The molecule has 0 saturated carbocycles. The Morgan fingerprint density at radius 1 is 1.23 bits per heavy atom. The van der Waals surface area contributed by atoms with E-state index in [1.165, 1.54) is 19.3 Å². The zero-order valence-electron chi connectivity index (χ0n) is 15.9. The lowest BCUT2D eigenvalue weighted by atomic mass is 9.84. The highest BCUT2D eigenvalue weighted by atomic mass is 35.5. The minimum Gasteiger partial charge on any atom is -0.330 e. The lowest BCUT2D eigenvalue weighted by Gasteiger charge is -2.34. The fraction of sp³-hybridized carbons (Fsp3) is 0.650. The van der Waals surface area contributed by atoms with E-state index in [2.05, 4.69) is 18.7 Å². The van der Waals surface area contributed by atoms with Gasteiger partial charge in [-0.2, -0.15) is 11.8 Å². The summed E-state index contributed by atoms with van der Waals surface area (Å²) < 4.78 is 0. The van der Waals surface area contributed by atoms with Gasteiger partial charge in [-0.25, -0.2) is 0 Å². The number of Topliss-reactive ketones (excluding diaryl/α,β-unsaturated/α-hetero) is 1. The van der Waals surface area contributed by atoms with E-state index in [4.69, 9.17) is 17.3 Å². The van der Waals surface area contributed by atoms with Crippen molar-refractivity contribution in [1.82, 2.24) is 4.90 Å². The predicted octanol–water partition coefficient (Wildman–Crippen LogP) is 4.97. The molecule has 148 valence electrons. The van der Waals surface area contributed by atoms with Gasteiger partial charge in [-0.05, 0) is 43.6 Å². The average Bonchev–Trinajstić information content (AvgIpc) is 2.59. The minimum atomic E-state index is -0.314. The molecule has 1 saturated heterocycles. The summed E-state index contributed by atoms with van der Waals surface area (Å²) >= 11 is 7.78. The first-order chi connectivity index (χ1) is 11.9. The Labute approximate surface area is 173 Å². The van der Waals surface area contributed by atoms with Gasteiger partial charge < -0.3 is 10.6 Å². The maximum absolute atomic E-state index is 13.1. The van der Waals surface area contributed by atoms with E-state index in [0.717, 1.165) is 36.0 Å². The van der Waals surface area contributed by atoms with Gasteiger partial charge in [0.15, 0.2) is 0 Å². The Morgan fingerprint density at radius 2 is 1.85 bits per heavy atom. The fourth-order valence-electron chi connectivity index (χ4n) is 3.37. The van der Waals surface area contributed by atoms with E-state index in [0.29, 0.717) is 18.7 Å². The van der Waals surface area contributed by atoms with Crippen LogP contribution in [0.2, 0.25) is 5.02 Å². The van der Waals surface area contributed by atoms with Crippen molar-refractivity contribution >= 4 is 41.6 Å². The van der Waals surface area contributed by atoms with Gasteiger partial charge in [0, 0.05) is 41.0 Å². The van der Waals surface area contributed by atoms with Gasteiger partial charge in [-0.3, -0.25) is 4.79 Å². The van der Waals surface area contributed by atoms with E-state index < -0.39 is 0 Å². The summed E-state index contributed by atoms with van der Waals surface area (Å²) in [4.78, 5) is 15.5. The van der Waals surface area contributed by atoms with Crippen LogP contribution in [-0.4, -0.2) is 42.6 Å². The third kappa shape index (κ3) is 7.40. The van der Waals surface area contributed by atoms with Gasteiger partial charge in [0.05, 0.1) is 0 Å². The van der Waals surface area contributed by atoms with E-state index in [-0.39, 0.29) is 23.1 Å². The molecule has 1 fully saturated rings. The number of halogens is 2. The maximum atomic E-state index is 13.1. The molecule has 1 atom stereocenters. The van der Waals surface area contributed by atoms with Crippen molar-refractivity contribution in [2.75, 3.05) is 31.9 Å². The van der Waals surface area contributed by atoms with Gasteiger partial charge >= 0.3 is 0 Å². The van der Waals surface area contributed by atoms with Crippen molar-refractivity contribution in [2.45, 2.75) is 44.8 Å². The molecule has 0 aliphatic carbocycles. The van der Waals surface area contributed by atoms with Crippen LogP contribution in [0.3, 0.4) is 0 Å². The number of hydrogen-bond acceptors (Lipinski definition) is 4. The number of hydrogen-bond donors (Lipinski definition) is 1. The molecule has 26 heavy (non-hydrogen) atoms. The number of piperidine rings is 1. The second-order valence-corrected chi connectivity index (χ2v) is 9.29. The summed E-state index contributed by atoms with van der Waals surface area (Å²) in [6.45, 7) is 7.92. The van der Waals surface area contributed by atoms with Crippen molar-refractivity contribution < 1.29 is 4.79 Å². The molecule has 1 unspecified atom stereocenters. The second kappa shape index (κ2) is 11.6. The highest BCUT2D eigenvalue weighted by Crippen LogP contribution is 2.36. The van der Waals surface area contributed by atoms with Crippen molar-refractivity contribution in [2.24, 2.45) is 11.1 Å². The van der Waals surface area contributed by atoms with Crippen LogP contribution in [0.15, 0.2) is 24.3 Å². The summed E-state index contributed by atoms with van der Waals surface area (Å²) in [5, 5.41) is 0.872. The lowest BCUT2D eigenvalue weighted by molar-refractivity contribution is -0.128. The third-order valence-electron chi connectivity index (χ3n) is 4.87. The monoisotopic (exact) mass is 418 g/mol. The van der Waals surface area contributed by atoms with Gasteiger partial charge in [0.1, 0.15) is 5.78 Å². The molecule has 3 nitrogen and oxygen atoms in total. The summed E-state index contributed by atoms with van der Waals surface area (Å²) in [5.74, 6) is 1.19. The second-order valence-electron chi connectivity index (χ2n) is 7.55. The molecule has 0 amide bonds. The van der Waals surface area contributed by atoms with E-state index >= 15 is 0 Å². The van der Waals surface area contributed by atoms with E-state index in [1.54, 1.807) is 11.8 Å². The predicted molar refractivity (Wildman–Crippen MR) is 117 cm³/mol. The third-order valence-corrected chi connectivity index (χ3v) is 6.44. The number of benzene rings is 1. The molecule has 1 aliphatic heterocycles. The molecular formula is C20H32Cl2N2OS. The summed E-state index contributed by atoms with van der Waals surface area (Å²) in [7, 11) is 0. The summed E-state index contributed by atoms with van der Waals surface area (Å²) in [6.07, 6.45) is 4.38. The van der Waals surface area contributed by atoms with Crippen LogP contribution in [0.25, 0.3) is 0 Å². The summed E-state index contributed by atoms with van der Waals surface area (Å²) in [6, 6.07) is 7.86. The first-order valence-electron chi connectivity index (χ1n) is 9.25. The number of nitrogens with zero attached hydrogens (tertiary/aromatic N) is 1. The molecule has 0 bridgehead atoms.